The van der Waals surface area contributed by atoms with Crippen molar-refractivity contribution < 1.29 is 4.79 Å². The second-order valence-electron chi connectivity index (χ2n) is 5.05. The van der Waals surface area contributed by atoms with E-state index in [0.29, 0.717) is 0 Å². The summed E-state index contributed by atoms with van der Waals surface area (Å²) < 4.78 is 0. The largest absolute Gasteiger partial charge is 0.291 e. The zero-order valence-corrected chi connectivity index (χ0v) is 12.0. The molecule has 1 heterocycles. The van der Waals surface area contributed by atoms with Gasteiger partial charge in [-0.1, -0.05) is 17.7 Å². The molecule has 0 unspecified atom stereocenters. The van der Waals surface area contributed by atoms with Crippen LogP contribution >= 0.6 is 0 Å². The van der Waals surface area contributed by atoms with Crippen molar-refractivity contribution in [1.82, 2.24) is 9.97 Å². The first-order chi connectivity index (χ1) is 8.88. The zero-order chi connectivity index (χ0) is 14.2. The lowest BCUT2D eigenvalue weighted by Crippen LogP contribution is -2.05. The molecule has 0 bridgehead atoms. The summed E-state index contributed by atoms with van der Waals surface area (Å²) in [5, 5.41) is 0. The average Bonchev–Trinajstić information content (AvgIpc) is 2.26. The molecule has 3 heteroatoms. The predicted octanol–water partition coefficient (Wildman–Crippen LogP) is 3.58. The molecule has 0 saturated carbocycles. The Morgan fingerprint density at radius 3 is 2.05 bits per heavy atom. The fraction of sp³-hybridized carbons (Fsp3) is 0.312. The van der Waals surface area contributed by atoms with E-state index in [0.717, 1.165) is 17.0 Å². The van der Waals surface area contributed by atoms with Crippen LogP contribution in [0.2, 0.25) is 0 Å². The van der Waals surface area contributed by atoms with Crippen LogP contribution in [0.25, 0.3) is 11.3 Å². The highest BCUT2D eigenvalue weighted by molar-refractivity contribution is 5.90. The fourth-order valence-corrected chi connectivity index (χ4v) is 2.44. The first-order valence-electron chi connectivity index (χ1n) is 6.33. The van der Waals surface area contributed by atoms with Crippen molar-refractivity contribution in [3.8, 4) is 11.3 Å². The van der Waals surface area contributed by atoms with E-state index in [-0.39, 0.29) is 11.6 Å². The first kappa shape index (κ1) is 13.4. The number of hydrogen-bond donors (Lipinski definition) is 0. The number of rotatable bonds is 2. The van der Waals surface area contributed by atoms with E-state index in [4.69, 9.17) is 0 Å². The third-order valence-electron chi connectivity index (χ3n) is 3.10. The smallest absolute Gasteiger partial charge is 0.196 e. The molecule has 3 nitrogen and oxygen atoms in total. The third kappa shape index (κ3) is 2.70. The Morgan fingerprint density at radius 2 is 1.53 bits per heavy atom. The van der Waals surface area contributed by atoms with Crippen LogP contribution in [0, 0.1) is 27.7 Å². The standard InChI is InChI=1S/C16H18N2O/c1-9-6-10(2)15(11(3)7-9)14-8-12(4)17-16(18-14)13(5)19/h6-8H,1-5H3. The molecule has 19 heavy (non-hydrogen) atoms. The van der Waals surface area contributed by atoms with E-state index in [2.05, 4.69) is 42.9 Å². The highest BCUT2D eigenvalue weighted by atomic mass is 16.1. The van der Waals surface area contributed by atoms with Crippen LogP contribution in [0.15, 0.2) is 18.2 Å². The van der Waals surface area contributed by atoms with Gasteiger partial charge < -0.3 is 0 Å². The molecule has 0 fully saturated rings. The first-order valence-corrected chi connectivity index (χ1v) is 6.33. The summed E-state index contributed by atoms with van der Waals surface area (Å²) in [7, 11) is 0. The number of aryl methyl sites for hydroxylation is 4. The van der Waals surface area contributed by atoms with Crippen LogP contribution in [-0.4, -0.2) is 15.8 Å². The van der Waals surface area contributed by atoms with Gasteiger partial charge >= 0.3 is 0 Å². The molecule has 0 atom stereocenters. The van der Waals surface area contributed by atoms with Crippen LogP contribution < -0.4 is 0 Å². The minimum Gasteiger partial charge on any atom is -0.291 e. The van der Waals surface area contributed by atoms with Crippen molar-refractivity contribution in [3.63, 3.8) is 0 Å². The van der Waals surface area contributed by atoms with Crippen LogP contribution in [0.3, 0.4) is 0 Å². The lowest BCUT2D eigenvalue weighted by molar-refractivity contribution is 0.100. The van der Waals surface area contributed by atoms with Gasteiger partial charge in [0.15, 0.2) is 11.6 Å². The summed E-state index contributed by atoms with van der Waals surface area (Å²) in [4.78, 5) is 20.0. The molecule has 0 N–H and O–H groups in total. The van der Waals surface area contributed by atoms with Gasteiger partial charge in [-0.3, -0.25) is 4.79 Å². The molecule has 1 aromatic heterocycles. The molecule has 2 rings (SSSR count). The third-order valence-corrected chi connectivity index (χ3v) is 3.10. The maximum atomic E-state index is 11.5. The topological polar surface area (TPSA) is 42.9 Å². The van der Waals surface area contributed by atoms with E-state index in [1.807, 2.05) is 13.0 Å². The summed E-state index contributed by atoms with van der Waals surface area (Å²) >= 11 is 0. The number of nitrogens with zero attached hydrogens (tertiary/aromatic N) is 2. The van der Waals surface area contributed by atoms with Crippen molar-refractivity contribution in [3.05, 3.63) is 46.4 Å². The molecule has 1 aromatic carbocycles. The van der Waals surface area contributed by atoms with Gasteiger partial charge in [-0.2, -0.15) is 0 Å². The van der Waals surface area contributed by atoms with Crippen molar-refractivity contribution >= 4 is 5.78 Å². The number of carbonyl (C=O) groups excluding carboxylic acids is 1. The lowest BCUT2D eigenvalue weighted by Gasteiger charge is -2.12. The van der Waals surface area contributed by atoms with E-state index in [1.165, 1.54) is 23.6 Å². The van der Waals surface area contributed by atoms with E-state index in [1.54, 1.807) is 0 Å². The molecule has 0 aliphatic carbocycles. The van der Waals surface area contributed by atoms with E-state index < -0.39 is 0 Å². The Labute approximate surface area is 113 Å². The van der Waals surface area contributed by atoms with Crippen molar-refractivity contribution in [2.24, 2.45) is 0 Å². The van der Waals surface area contributed by atoms with Gasteiger partial charge in [-0.05, 0) is 44.9 Å². The SMILES string of the molecule is CC(=O)c1nc(C)cc(-c2c(C)cc(C)cc2C)n1. The average molecular weight is 254 g/mol. The molecule has 0 aliphatic rings. The normalized spacial score (nSPS) is 10.6. The maximum absolute atomic E-state index is 11.5. The molecule has 2 aromatic rings. The van der Waals surface area contributed by atoms with E-state index >= 15 is 0 Å². The number of ketones is 1. The van der Waals surface area contributed by atoms with Crippen molar-refractivity contribution in [2.45, 2.75) is 34.6 Å². The second-order valence-corrected chi connectivity index (χ2v) is 5.05. The molecular weight excluding hydrogens is 236 g/mol. The van der Waals surface area contributed by atoms with Crippen molar-refractivity contribution in [1.29, 1.82) is 0 Å². The molecule has 0 amide bonds. The van der Waals surface area contributed by atoms with E-state index in [9.17, 15) is 4.79 Å². The number of hydrogen-bond acceptors (Lipinski definition) is 3. The molecule has 0 aliphatic heterocycles. The number of Topliss-reactive ketones (excluding diaryl/α,β-unsaturated/α-hetero) is 1. The van der Waals surface area contributed by atoms with Gasteiger partial charge in [-0.25, -0.2) is 9.97 Å². The summed E-state index contributed by atoms with van der Waals surface area (Å²) in [5.74, 6) is 0.182. The Kier molecular flexibility index (Phi) is 3.47. The molecule has 0 spiro atoms. The van der Waals surface area contributed by atoms with Crippen LogP contribution in [0.5, 0.6) is 0 Å². The fourth-order valence-electron chi connectivity index (χ4n) is 2.44. The van der Waals surface area contributed by atoms with Crippen LogP contribution in [0.4, 0.5) is 0 Å². The monoisotopic (exact) mass is 254 g/mol. The molecule has 98 valence electrons. The predicted molar refractivity (Wildman–Crippen MR) is 76.4 cm³/mol. The van der Waals surface area contributed by atoms with Crippen molar-refractivity contribution in [2.75, 3.05) is 0 Å². The lowest BCUT2D eigenvalue weighted by atomic mass is 9.97. The van der Waals surface area contributed by atoms with Gasteiger partial charge in [0.2, 0.25) is 0 Å². The second kappa shape index (κ2) is 4.92. The summed E-state index contributed by atoms with van der Waals surface area (Å²) in [5.41, 5.74) is 6.31. The maximum Gasteiger partial charge on any atom is 0.196 e. The Balaban J connectivity index is 2.69. The zero-order valence-electron chi connectivity index (χ0n) is 12.0. The van der Waals surface area contributed by atoms with Gasteiger partial charge in [-0.15, -0.1) is 0 Å². The summed E-state index contributed by atoms with van der Waals surface area (Å²) in [6, 6.07) is 6.19. The van der Waals surface area contributed by atoms with Gasteiger partial charge in [0.25, 0.3) is 0 Å². The Bertz CT molecular complexity index is 637. The quantitative estimate of drug-likeness (QED) is 0.769. The minimum atomic E-state index is -0.104. The van der Waals surface area contributed by atoms with Gasteiger partial charge in [0.05, 0.1) is 5.69 Å². The molecule has 0 saturated heterocycles. The van der Waals surface area contributed by atoms with Crippen LogP contribution in [-0.2, 0) is 0 Å². The highest BCUT2D eigenvalue weighted by Gasteiger charge is 2.12. The number of carbonyl (C=O) groups is 1. The highest BCUT2D eigenvalue weighted by Crippen LogP contribution is 2.27. The minimum absolute atomic E-state index is 0.104. The van der Waals surface area contributed by atoms with Gasteiger partial charge in [0.1, 0.15) is 0 Å². The summed E-state index contributed by atoms with van der Waals surface area (Å²) in [6.07, 6.45) is 0. The summed E-state index contributed by atoms with van der Waals surface area (Å²) in [6.45, 7) is 9.60. The Hall–Kier alpha value is -2.03. The number of aromatic nitrogens is 2. The number of benzene rings is 1. The Morgan fingerprint density at radius 1 is 0.947 bits per heavy atom. The molecular formula is C16H18N2O. The van der Waals surface area contributed by atoms with Gasteiger partial charge in [0, 0.05) is 18.2 Å². The van der Waals surface area contributed by atoms with Crippen LogP contribution in [0.1, 0.15) is 39.9 Å². The molecule has 0 radical (unpaired) electrons.